The summed E-state index contributed by atoms with van der Waals surface area (Å²) in [5, 5.41) is 9.00. The van der Waals surface area contributed by atoms with Crippen molar-refractivity contribution in [2.45, 2.75) is 33.1 Å². The Balaban J connectivity index is 2.85. The minimum atomic E-state index is -0.395. The Morgan fingerprint density at radius 3 is 2.60 bits per heavy atom. The summed E-state index contributed by atoms with van der Waals surface area (Å²) in [4.78, 5) is 0. The van der Waals surface area contributed by atoms with Gasteiger partial charge in [-0.15, -0.1) is 11.6 Å². The van der Waals surface area contributed by atoms with Gasteiger partial charge < -0.3 is 9.47 Å². The number of rotatable bonds is 7. The van der Waals surface area contributed by atoms with E-state index in [1.165, 1.54) is 0 Å². The van der Waals surface area contributed by atoms with Gasteiger partial charge in [0.15, 0.2) is 11.5 Å². The minimum absolute atomic E-state index is 0.395. The summed E-state index contributed by atoms with van der Waals surface area (Å²) in [7, 11) is 0. The van der Waals surface area contributed by atoms with Gasteiger partial charge in [0, 0.05) is 5.88 Å². The molecule has 110 valence electrons. The van der Waals surface area contributed by atoms with Gasteiger partial charge in [0.2, 0.25) is 0 Å². The standard InChI is InChI=1S/C15H19BrClNO2/c1-4-19-13-8-11(9-17)7-12(16)14(13)20-6-5-15(2,3)10-18/h7-8H,4-6,9H2,1-3H3. The third-order valence-electron chi connectivity index (χ3n) is 2.80. The zero-order valence-corrected chi connectivity index (χ0v) is 14.3. The molecule has 0 saturated carbocycles. The number of benzene rings is 1. The molecule has 1 aromatic carbocycles. The van der Waals surface area contributed by atoms with E-state index in [1.807, 2.05) is 32.9 Å². The molecule has 1 rings (SSSR count). The van der Waals surface area contributed by atoms with Gasteiger partial charge in [0.05, 0.1) is 29.2 Å². The molecule has 0 spiro atoms. The van der Waals surface area contributed by atoms with Crippen LogP contribution in [0.5, 0.6) is 11.5 Å². The fourth-order valence-corrected chi connectivity index (χ4v) is 2.32. The number of alkyl halides is 1. The van der Waals surface area contributed by atoms with Gasteiger partial charge in [0.1, 0.15) is 0 Å². The first-order valence-corrected chi connectivity index (χ1v) is 7.81. The van der Waals surface area contributed by atoms with Crippen molar-refractivity contribution in [3.63, 3.8) is 0 Å². The van der Waals surface area contributed by atoms with Crippen molar-refractivity contribution in [3.05, 3.63) is 22.2 Å². The summed E-state index contributed by atoms with van der Waals surface area (Å²) in [5.41, 5.74) is 0.570. The summed E-state index contributed by atoms with van der Waals surface area (Å²) in [6.45, 7) is 6.72. The lowest BCUT2D eigenvalue weighted by atomic mass is 9.92. The molecule has 0 N–H and O–H groups in total. The zero-order valence-electron chi connectivity index (χ0n) is 12.0. The first kappa shape index (κ1) is 17.1. The van der Waals surface area contributed by atoms with E-state index < -0.39 is 5.41 Å². The number of hydrogen-bond donors (Lipinski definition) is 0. The van der Waals surface area contributed by atoms with E-state index in [4.69, 9.17) is 26.3 Å². The number of hydrogen-bond acceptors (Lipinski definition) is 3. The molecule has 0 unspecified atom stereocenters. The van der Waals surface area contributed by atoms with Crippen molar-refractivity contribution < 1.29 is 9.47 Å². The zero-order chi connectivity index (χ0) is 15.2. The first-order chi connectivity index (χ1) is 9.43. The number of ether oxygens (including phenoxy) is 2. The Hall–Kier alpha value is -0.920. The van der Waals surface area contributed by atoms with Crippen LogP contribution >= 0.6 is 27.5 Å². The van der Waals surface area contributed by atoms with Crippen LogP contribution < -0.4 is 9.47 Å². The summed E-state index contributed by atoms with van der Waals surface area (Å²) in [6, 6.07) is 6.06. The first-order valence-electron chi connectivity index (χ1n) is 6.48. The third kappa shape index (κ3) is 4.88. The van der Waals surface area contributed by atoms with E-state index in [0.717, 1.165) is 10.0 Å². The molecule has 0 aliphatic carbocycles. The summed E-state index contributed by atoms with van der Waals surface area (Å²) in [6.07, 6.45) is 0.652. The molecule has 0 heterocycles. The quantitative estimate of drug-likeness (QED) is 0.649. The molecule has 0 aliphatic heterocycles. The van der Waals surface area contributed by atoms with E-state index in [9.17, 15) is 0 Å². The van der Waals surface area contributed by atoms with Gasteiger partial charge >= 0.3 is 0 Å². The van der Waals surface area contributed by atoms with Crippen LogP contribution in [0, 0.1) is 16.7 Å². The Morgan fingerprint density at radius 2 is 2.05 bits per heavy atom. The van der Waals surface area contributed by atoms with Crippen LogP contribution in [-0.2, 0) is 5.88 Å². The maximum atomic E-state index is 9.00. The van der Waals surface area contributed by atoms with Crippen molar-refractivity contribution in [2.75, 3.05) is 13.2 Å². The van der Waals surface area contributed by atoms with Crippen LogP contribution in [0.1, 0.15) is 32.8 Å². The highest BCUT2D eigenvalue weighted by molar-refractivity contribution is 9.10. The third-order valence-corrected chi connectivity index (χ3v) is 3.70. The van der Waals surface area contributed by atoms with Crippen molar-refractivity contribution in [2.24, 2.45) is 5.41 Å². The SMILES string of the molecule is CCOc1cc(CCl)cc(Br)c1OCCC(C)(C)C#N. The smallest absolute Gasteiger partial charge is 0.175 e. The normalized spacial score (nSPS) is 11.0. The molecule has 3 nitrogen and oxygen atoms in total. The van der Waals surface area contributed by atoms with Gasteiger partial charge in [-0.3, -0.25) is 0 Å². The Morgan fingerprint density at radius 1 is 1.35 bits per heavy atom. The van der Waals surface area contributed by atoms with E-state index >= 15 is 0 Å². The van der Waals surface area contributed by atoms with Crippen LogP contribution in [0.3, 0.4) is 0 Å². The number of nitriles is 1. The molecule has 1 aromatic rings. The lowest BCUT2D eigenvalue weighted by Crippen LogP contribution is -2.13. The highest BCUT2D eigenvalue weighted by Crippen LogP contribution is 2.37. The molecule has 0 radical (unpaired) electrons. The molecule has 0 amide bonds. The van der Waals surface area contributed by atoms with Crippen molar-refractivity contribution in [1.82, 2.24) is 0 Å². The molecule has 0 saturated heterocycles. The predicted molar refractivity (Wildman–Crippen MR) is 84.4 cm³/mol. The fourth-order valence-electron chi connectivity index (χ4n) is 1.57. The lowest BCUT2D eigenvalue weighted by Gasteiger charge is -2.18. The van der Waals surface area contributed by atoms with Gasteiger partial charge in [-0.05, 0) is 60.8 Å². The molecule has 5 heteroatoms. The monoisotopic (exact) mass is 359 g/mol. The largest absolute Gasteiger partial charge is 0.490 e. The molecule has 0 aromatic heterocycles. The van der Waals surface area contributed by atoms with Crippen molar-refractivity contribution in [3.8, 4) is 17.6 Å². The molecular formula is C15H19BrClNO2. The van der Waals surface area contributed by atoms with Gasteiger partial charge in [-0.25, -0.2) is 0 Å². The Kier molecular flexibility index (Phi) is 6.64. The minimum Gasteiger partial charge on any atom is -0.490 e. The average Bonchev–Trinajstić information content (AvgIpc) is 2.41. The second-order valence-electron chi connectivity index (χ2n) is 5.07. The van der Waals surface area contributed by atoms with Crippen molar-refractivity contribution >= 4 is 27.5 Å². The maximum Gasteiger partial charge on any atom is 0.175 e. The van der Waals surface area contributed by atoms with Crippen LogP contribution in [-0.4, -0.2) is 13.2 Å². The summed E-state index contributed by atoms with van der Waals surface area (Å²) >= 11 is 9.33. The molecule has 0 atom stereocenters. The Bertz CT molecular complexity index is 497. The fraction of sp³-hybridized carbons (Fsp3) is 0.533. The van der Waals surface area contributed by atoms with E-state index in [2.05, 4.69) is 22.0 Å². The molecule has 0 aliphatic rings. The lowest BCUT2D eigenvalue weighted by molar-refractivity contribution is 0.243. The topological polar surface area (TPSA) is 42.2 Å². The second kappa shape index (κ2) is 7.75. The van der Waals surface area contributed by atoms with Gasteiger partial charge in [-0.1, -0.05) is 0 Å². The number of nitrogens with zero attached hydrogens (tertiary/aromatic N) is 1. The highest BCUT2D eigenvalue weighted by atomic mass is 79.9. The van der Waals surface area contributed by atoms with E-state index in [0.29, 0.717) is 37.0 Å². The molecule has 0 fully saturated rings. The van der Waals surface area contributed by atoms with Crippen LogP contribution in [0.4, 0.5) is 0 Å². The van der Waals surface area contributed by atoms with Crippen LogP contribution in [0.25, 0.3) is 0 Å². The number of halogens is 2. The van der Waals surface area contributed by atoms with Crippen LogP contribution in [0.2, 0.25) is 0 Å². The van der Waals surface area contributed by atoms with E-state index in [1.54, 1.807) is 0 Å². The highest BCUT2D eigenvalue weighted by Gasteiger charge is 2.18. The Labute approximate surface area is 134 Å². The predicted octanol–water partition coefficient (Wildman–Crippen LogP) is 4.91. The maximum absolute atomic E-state index is 9.00. The van der Waals surface area contributed by atoms with E-state index in [-0.39, 0.29) is 0 Å². The van der Waals surface area contributed by atoms with Gasteiger partial charge in [-0.2, -0.15) is 5.26 Å². The summed E-state index contributed by atoms with van der Waals surface area (Å²) in [5.74, 6) is 1.75. The molecular weight excluding hydrogens is 342 g/mol. The van der Waals surface area contributed by atoms with Gasteiger partial charge in [0.25, 0.3) is 0 Å². The van der Waals surface area contributed by atoms with Crippen molar-refractivity contribution in [1.29, 1.82) is 5.26 Å². The summed E-state index contributed by atoms with van der Waals surface area (Å²) < 4.78 is 12.2. The molecule has 20 heavy (non-hydrogen) atoms. The molecule has 0 bridgehead atoms. The average molecular weight is 361 g/mol. The second-order valence-corrected chi connectivity index (χ2v) is 6.19. The van der Waals surface area contributed by atoms with Crippen LogP contribution in [0.15, 0.2) is 16.6 Å².